The number of ether oxygens (including phenoxy) is 4. The van der Waals surface area contributed by atoms with Gasteiger partial charge < -0.3 is 18.9 Å². The highest BCUT2D eigenvalue weighted by Crippen LogP contribution is 2.28. The van der Waals surface area contributed by atoms with Gasteiger partial charge in [-0.15, -0.1) is 0 Å². The second-order valence-corrected chi connectivity index (χ2v) is 8.61. The van der Waals surface area contributed by atoms with Crippen molar-refractivity contribution in [2.24, 2.45) is 0 Å². The monoisotopic (exact) mass is 465 g/mol. The van der Waals surface area contributed by atoms with Gasteiger partial charge in [0.1, 0.15) is 23.9 Å². The van der Waals surface area contributed by atoms with Crippen LogP contribution in [0.15, 0.2) is 53.4 Å². The van der Waals surface area contributed by atoms with Crippen LogP contribution in [0.3, 0.4) is 0 Å². The van der Waals surface area contributed by atoms with E-state index in [2.05, 4.69) is 0 Å². The smallest absolute Gasteiger partial charge is 0.330 e. The second-order valence-electron chi connectivity index (χ2n) is 6.71. The number of hydrogen-bond donors (Lipinski definition) is 0. The summed E-state index contributed by atoms with van der Waals surface area (Å²) < 4.78 is 61.5. The molecule has 1 saturated heterocycles. The van der Waals surface area contributed by atoms with Crippen molar-refractivity contribution in [1.29, 1.82) is 0 Å². The van der Waals surface area contributed by atoms with Crippen LogP contribution in [-0.4, -0.2) is 65.3 Å². The molecule has 10 heteroatoms. The molecule has 0 saturated carbocycles. The molecule has 0 N–H and O–H groups in total. The molecule has 0 amide bonds. The van der Waals surface area contributed by atoms with E-state index < -0.39 is 21.8 Å². The van der Waals surface area contributed by atoms with Crippen molar-refractivity contribution in [3.63, 3.8) is 0 Å². The molecule has 0 unspecified atom stereocenters. The maximum absolute atomic E-state index is 13.5. The second kappa shape index (κ2) is 11.1. The van der Waals surface area contributed by atoms with Crippen LogP contribution < -0.4 is 9.47 Å². The Morgan fingerprint density at radius 2 is 1.88 bits per heavy atom. The first-order valence-electron chi connectivity index (χ1n) is 9.90. The van der Waals surface area contributed by atoms with E-state index in [9.17, 15) is 17.6 Å². The van der Waals surface area contributed by atoms with Gasteiger partial charge in [-0.1, -0.05) is 18.2 Å². The molecule has 0 atom stereocenters. The van der Waals surface area contributed by atoms with E-state index in [1.807, 2.05) is 0 Å². The summed E-state index contributed by atoms with van der Waals surface area (Å²) in [6.45, 7) is 1.09. The maximum Gasteiger partial charge on any atom is 0.330 e. The van der Waals surface area contributed by atoms with Crippen LogP contribution in [-0.2, 0) is 24.3 Å². The first-order chi connectivity index (χ1) is 15.4. The fourth-order valence-electron chi connectivity index (χ4n) is 2.99. The Hall–Kier alpha value is -2.95. The lowest BCUT2D eigenvalue weighted by atomic mass is 10.2. The van der Waals surface area contributed by atoms with Crippen LogP contribution in [0.1, 0.15) is 5.56 Å². The highest BCUT2D eigenvalue weighted by Gasteiger charge is 2.29. The largest absolute Gasteiger partial charge is 0.495 e. The van der Waals surface area contributed by atoms with Crippen LogP contribution in [0.4, 0.5) is 4.39 Å². The fourth-order valence-corrected chi connectivity index (χ4v) is 4.59. The minimum Gasteiger partial charge on any atom is -0.495 e. The van der Waals surface area contributed by atoms with Crippen LogP contribution in [0, 0.1) is 5.82 Å². The average molecular weight is 465 g/mol. The van der Waals surface area contributed by atoms with Gasteiger partial charge in [-0.3, -0.25) is 0 Å². The lowest BCUT2D eigenvalue weighted by Crippen LogP contribution is -2.40. The summed E-state index contributed by atoms with van der Waals surface area (Å²) in [5.74, 6) is -0.857. The zero-order valence-corrected chi connectivity index (χ0v) is 18.3. The van der Waals surface area contributed by atoms with E-state index in [0.717, 1.165) is 0 Å². The molecule has 0 radical (unpaired) electrons. The van der Waals surface area contributed by atoms with Gasteiger partial charge in [0.05, 0.1) is 20.3 Å². The molecule has 1 fully saturated rings. The Balaban J connectivity index is 1.60. The SMILES string of the molecule is COc1ccc(C=CC(=O)OCCOc2ccccc2F)cc1S(=O)(=O)N1CCOCC1. The third-order valence-electron chi connectivity index (χ3n) is 4.61. The van der Waals surface area contributed by atoms with Gasteiger partial charge in [-0.25, -0.2) is 17.6 Å². The van der Waals surface area contributed by atoms with Gasteiger partial charge in [-0.2, -0.15) is 4.31 Å². The van der Waals surface area contributed by atoms with Gasteiger partial charge in [0, 0.05) is 19.2 Å². The third-order valence-corrected chi connectivity index (χ3v) is 6.53. The standard InChI is InChI=1S/C22H24FNO7S/c1-28-20-8-6-17(16-21(20)32(26,27)24-10-12-29-13-11-24)7-9-22(25)31-15-14-30-19-5-3-2-4-18(19)23/h2-9,16H,10-15H2,1H3. The molecule has 3 rings (SSSR count). The summed E-state index contributed by atoms with van der Waals surface area (Å²) in [6.07, 6.45) is 2.62. The highest BCUT2D eigenvalue weighted by molar-refractivity contribution is 7.89. The molecular formula is C22H24FNO7S. The summed E-state index contributed by atoms with van der Waals surface area (Å²) in [4.78, 5) is 12.0. The Morgan fingerprint density at radius 1 is 1.12 bits per heavy atom. The number of carbonyl (C=O) groups is 1. The highest BCUT2D eigenvalue weighted by atomic mass is 32.2. The van der Waals surface area contributed by atoms with E-state index in [4.69, 9.17) is 18.9 Å². The lowest BCUT2D eigenvalue weighted by Gasteiger charge is -2.26. The first kappa shape index (κ1) is 23.7. The summed E-state index contributed by atoms with van der Waals surface area (Å²) in [5.41, 5.74) is 0.484. The number of methoxy groups -OCH3 is 1. The maximum atomic E-state index is 13.5. The number of benzene rings is 2. The molecular weight excluding hydrogens is 441 g/mol. The van der Waals surface area contributed by atoms with E-state index in [1.54, 1.807) is 18.2 Å². The number of esters is 1. The van der Waals surface area contributed by atoms with Crippen molar-refractivity contribution in [2.45, 2.75) is 4.90 Å². The number of carbonyl (C=O) groups excluding carboxylic acids is 1. The van der Waals surface area contributed by atoms with Gasteiger partial charge in [0.15, 0.2) is 11.6 Å². The normalized spacial score (nSPS) is 14.9. The summed E-state index contributed by atoms with van der Waals surface area (Å²) in [6, 6.07) is 10.5. The van der Waals surface area contributed by atoms with Crippen molar-refractivity contribution in [3.05, 3.63) is 59.9 Å². The van der Waals surface area contributed by atoms with Crippen LogP contribution in [0.25, 0.3) is 6.08 Å². The van der Waals surface area contributed by atoms with E-state index in [1.165, 1.54) is 47.8 Å². The van der Waals surface area contributed by atoms with Crippen molar-refractivity contribution >= 4 is 22.1 Å². The average Bonchev–Trinajstić information content (AvgIpc) is 2.82. The molecule has 1 aliphatic heterocycles. The number of nitrogens with zero attached hydrogens (tertiary/aromatic N) is 1. The zero-order chi connectivity index (χ0) is 23.0. The number of hydrogen-bond acceptors (Lipinski definition) is 7. The first-order valence-corrected chi connectivity index (χ1v) is 11.3. The molecule has 2 aromatic rings. The van der Waals surface area contributed by atoms with Gasteiger partial charge in [0.25, 0.3) is 0 Å². The lowest BCUT2D eigenvalue weighted by molar-refractivity contribution is -0.138. The minimum absolute atomic E-state index is 0.00894. The molecule has 1 aliphatic rings. The van der Waals surface area contributed by atoms with Gasteiger partial charge in [-0.05, 0) is 35.9 Å². The molecule has 172 valence electrons. The van der Waals surface area contributed by atoms with Crippen LogP contribution in [0.2, 0.25) is 0 Å². The number of sulfonamides is 1. The Bertz CT molecular complexity index is 1070. The van der Waals surface area contributed by atoms with E-state index >= 15 is 0 Å². The number of morpholine rings is 1. The third kappa shape index (κ3) is 6.06. The molecule has 8 nitrogen and oxygen atoms in total. The Kier molecular flexibility index (Phi) is 8.20. The summed E-state index contributed by atoms with van der Waals surface area (Å²) >= 11 is 0. The molecule has 0 bridgehead atoms. The van der Waals surface area contributed by atoms with Crippen molar-refractivity contribution in [1.82, 2.24) is 4.31 Å². The van der Waals surface area contributed by atoms with Crippen LogP contribution in [0.5, 0.6) is 11.5 Å². The summed E-state index contributed by atoms with van der Waals surface area (Å²) in [5, 5.41) is 0. The Morgan fingerprint density at radius 3 is 2.59 bits per heavy atom. The van der Waals surface area contributed by atoms with Gasteiger partial charge >= 0.3 is 5.97 Å². The fraction of sp³-hybridized carbons (Fsp3) is 0.318. The molecule has 32 heavy (non-hydrogen) atoms. The predicted octanol–water partition coefficient (Wildman–Crippen LogP) is 2.49. The Labute approximate surface area is 186 Å². The molecule has 0 aliphatic carbocycles. The number of halogens is 1. The number of para-hydroxylation sites is 1. The zero-order valence-electron chi connectivity index (χ0n) is 17.5. The summed E-state index contributed by atoms with van der Waals surface area (Å²) in [7, 11) is -2.39. The molecule has 2 aromatic carbocycles. The van der Waals surface area contributed by atoms with Crippen molar-refractivity contribution in [3.8, 4) is 11.5 Å². The van der Waals surface area contributed by atoms with Crippen molar-refractivity contribution < 1.29 is 36.6 Å². The minimum atomic E-state index is -3.78. The molecule has 0 aromatic heterocycles. The quantitative estimate of drug-likeness (QED) is 0.319. The predicted molar refractivity (Wildman–Crippen MR) is 114 cm³/mol. The topological polar surface area (TPSA) is 91.4 Å². The van der Waals surface area contributed by atoms with Crippen LogP contribution >= 0.6 is 0 Å². The van der Waals surface area contributed by atoms with Crippen molar-refractivity contribution in [2.75, 3.05) is 46.6 Å². The van der Waals surface area contributed by atoms with E-state index in [-0.39, 0.29) is 42.7 Å². The number of rotatable bonds is 9. The molecule has 0 spiro atoms. The molecule has 1 heterocycles. The van der Waals surface area contributed by atoms with E-state index in [0.29, 0.717) is 18.8 Å². The van der Waals surface area contributed by atoms with Gasteiger partial charge in [0.2, 0.25) is 10.0 Å².